The second-order valence-corrected chi connectivity index (χ2v) is 5.64. The Kier molecular flexibility index (Phi) is 5.82. The lowest BCUT2D eigenvalue weighted by Gasteiger charge is -2.15. The van der Waals surface area contributed by atoms with E-state index in [-0.39, 0.29) is 23.4 Å². The Morgan fingerprint density at radius 2 is 2.14 bits per heavy atom. The van der Waals surface area contributed by atoms with E-state index in [0.29, 0.717) is 5.69 Å². The molecule has 0 aliphatic rings. The van der Waals surface area contributed by atoms with Crippen molar-refractivity contribution in [2.75, 3.05) is 0 Å². The van der Waals surface area contributed by atoms with E-state index >= 15 is 0 Å². The fraction of sp³-hybridized carbons (Fsp3) is 0.455. The summed E-state index contributed by atoms with van der Waals surface area (Å²) in [7, 11) is -4.66. The Labute approximate surface area is 120 Å². The molecule has 1 aromatic heterocycles. The molecule has 1 heterocycles. The minimum atomic E-state index is -4.66. The van der Waals surface area contributed by atoms with Crippen LogP contribution >= 0.6 is 7.82 Å². The maximum absolute atomic E-state index is 10.7. The van der Waals surface area contributed by atoms with Crippen molar-refractivity contribution in [2.24, 2.45) is 0 Å². The Balaban J connectivity index is 2.95. The van der Waals surface area contributed by atoms with Crippen molar-refractivity contribution in [3.8, 4) is 5.75 Å². The summed E-state index contributed by atoms with van der Waals surface area (Å²) in [5.74, 6) is -1.24. The van der Waals surface area contributed by atoms with Crippen LogP contribution in [0.25, 0.3) is 0 Å². The van der Waals surface area contributed by atoms with Crippen LogP contribution in [0.15, 0.2) is 6.20 Å². The molecule has 5 N–H and O–H groups in total. The van der Waals surface area contributed by atoms with Gasteiger partial charge in [0.1, 0.15) is 11.8 Å². The molecule has 21 heavy (non-hydrogen) atoms. The number of pyridine rings is 1. The number of rotatable bonds is 7. The van der Waals surface area contributed by atoms with Gasteiger partial charge in [-0.05, 0) is 13.8 Å². The second-order valence-electron chi connectivity index (χ2n) is 4.40. The van der Waals surface area contributed by atoms with E-state index in [1.807, 2.05) is 0 Å². The van der Waals surface area contributed by atoms with E-state index in [2.05, 4.69) is 14.8 Å². The third kappa shape index (κ3) is 5.41. The quantitative estimate of drug-likeness (QED) is 0.446. The molecule has 0 bridgehead atoms. The first-order valence-electron chi connectivity index (χ1n) is 5.94. The zero-order valence-corrected chi connectivity index (χ0v) is 12.4. The number of aryl methyl sites for hydroxylation is 1. The van der Waals surface area contributed by atoms with Gasteiger partial charge in [-0.3, -0.25) is 14.3 Å². The Hall–Kier alpha value is -1.51. The Bertz CT molecular complexity index is 572. The minimum Gasteiger partial charge on any atom is -0.506 e. The zero-order chi connectivity index (χ0) is 16.2. The van der Waals surface area contributed by atoms with Crippen molar-refractivity contribution < 1.29 is 33.9 Å². The molecule has 0 aliphatic heterocycles. The minimum absolute atomic E-state index is 0.0114. The van der Waals surface area contributed by atoms with Crippen molar-refractivity contribution in [2.45, 2.75) is 33.0 Å². The maximum Gasteiger partial charge on any atom is 0.469 e. The molecule has 0 saturated carbocycles. The predicted octanol–water partition coefficient (Wildman–Crippen LogP) is 0.268. The molecule has 9 nitrogen and oxygen atoms in total. The number of phosphoric ester groups is 1. The molecule has 0 aliphatic carbocycles. The molecule has 118 valence electrons. The van der Waals surface area contributed by atoms with Crippen molar-refractivity contribution in [3.63, 3.8) is 0 Å². The molecular formula is C11H17N2O7P. The number of nitrogens with one attached hydrogen (secondary N) is 1. The number of hydrogen-bond donors (Lipinski definition) is 5. The van der Waals surface area contributed by atoms with E-state index in [1.54, 1.807) is 6.92 Å². The monoisotopic (exact) mass is 320 g/mol. The summed E-state index contributed by atoms with van der Waals surface area (Å²) in [6.07, 6.45) is 1.31. The van der Waals surface area contributed by atoms with Crippen molar-refractivity contribution in [1.82, 2.24) is 10.3 Å². The number of aliphatic carboxylic acids is 1. The lowest BCUT2D eigenvalue weighted by molar-refractivity contribution is -0.139. The van der Waals surface area contributed by atoms with Gasteiger partial charge in [0.15, 0.2) is 0 Å². The average molecular weight is 320 g/mol. The van der Waals surface area contributed by atoms with Gasteiger partial charge >= 0.3 is 13.8 Å². The van der Waals surface area contributed by atoms with E-state index < -0.39 is 26.4 Å². The third-order valence-electron chi connectivity index (χ3n) is 2.77. The molecular weight excluding hydrogens is 303 g/mol. The highest BCUT2D eigenvalue weighted by molar-refractivity contribution is 7.46. The fourth-order valence-electron chi connectivity index (χ4n) is 1.50. The summed E-state index contributed by atoms with van der Waals surface area (Å²) in [6.45, 7) is 2.51. The van der Waals surface area contributed by atoms with Gasteiger partial charge < -0.3 is 25.3 Å². The summed E-state index contributed by atoms with van der Waals surface area (Å²) >= 11 is 0. The van der Waals surface area contributed by atoms with Crippen LogP contribution in [-0.4, -0.2) is 37.0 Å². The number of carboxylic acids is 1. The number of nitrogens with zero attached hydrogens (tertiary/aromatic N) is 1. The maximum atomic E-state index is 10.7. The summed E-state index contributed by atoms with van der Waals surface area (Å²) < 4.78 is 15.1. The Morgan fingerprint density at radius 3 is 2.67 bits per heavy atom. The number of aromatic hydroxyl groups is 1. The fourth-order valence-corrected chi connectivity index (χ4v) is 1.81. The van der Waals surface area contributed by atoms with Gasteiger partial charge in [-0.2, -0.15) is 0 Å². The van der Waals surface area contributed by atoms with E-state index in [4.69, 9.17) is 14.9 Å². The van der Waals surface area contributed by atoms with E-state index in [9.17, 15) is 14.5 Å². The van der Waals surface area contributed by atoms with Crippen molar-refractivity contribution in [3.05, 3.63) is 23.0 Å². The van der Waals surface area contributed by atoms with Gasteiger partial charge in [-0.25, -0.2) is 4.57 Å². The molecule has 0 amide bonds. The van der Waals surface area contributed by atoms with Crippen LogP contribution in [0.5, 0.6) is 5.75 Å². The molecule has 0 radical (unpaired) electrons. The van der Waals surface area contributed by atoms with Gasteiger partial charge in [-0.1, -0.05) is 0 Å². The first-order valence-corrected chi connectivity index (χ1v) is 7.47. The van der Waals surface area contributed by atoms with Gasteiger partial charge in [-0.15, -0.1) is 0 Å². The number of carboxylic acid groups (broad SMARTS) is 1. The van der Waals surface area contributed by atoms with E-state index in [1.165, 1.54) is 13.1 Å². The molecule has 1 atom stereocenters. The van der Waals surface area contributed by atoms with Crippen LogP contribution in [0.2, 0.25) is 0 Å². The normalized spacial score (nSPS) is 13.1. The van der Waals surface area contributed by atoms with Gasteiger partial charge in [0.25, 0.3) is 0 Å². The van der Waals surface area contributed by atoms with Gasteiger partial charge in [0.05, 0.1) is 12.3 Å². The topological polar surface area (TPSA) is 149 Å². The highest BCUT2D eigenvalue weighted by Gasteiger charge is 2.19. The first-order chi connectivity index (χ1) is 9.61. The summed E-state index contributed by atoms with van der Waals surface area (Å²) in [4.78, 5) is 32.0. The highest BCUT2D eigenvalue weighted by atomic mass is 31.2. The standard InChI is InChI=1S/C11H17N2O7P/c1-6-10(14)9(4-13-7(2)11(15)16)8(3-12-6)5-20-21(17,18)19/h3,7,13-14H,4-5H2,1-2H3,(H,15,16)(H2,17,18,19). The number of phosphoric acid groups is 1. The molecule has 0 saturated heterocycles. The van der Waals surface area contributed by atoms with Crippen LogP contribution < -0.4 is 5.32 Å². The largest absolute Gasteiger partial charge is 0.506 e. The SMILES string of the molecule is Cc1ncc(COP(=O)(O)O)c(CNC(C)C(=O)O)c1O. The smallest absolute Gasteiger partial charge is 0.469 e. The summed E-state index contributed by atoms with van der Waals surface area (Å²) in [5.41, 5.74) is 0.852. The summed E-state index contributed by atoms with van der Waals surface area (Å²) in [6, 6.07) is -0.853. The lowest BCUT2D eigenvalue weighted by Crippen LogP contribution is -2.33. The highest BCUT2D eigenvalue weighted by Crippen LogP contribution is 2.38. The van der Waals surface area contributed by atoms with Crippen molar-refractivity contribution >= 4 is 13.8 Å². The third-order valence-corrected chi connectivity index (χ3v) is 3.24. The second kappa shape index (κ2) is 6.97. The van der Waals surface area contributed by atoms with E-state index in [0.717, 1.165) is 0 Å². The van der Waals surface area contributed by atoms with Crippen LogP contribution in [0.4, 0.5) is 0 Å². The van der Waals surface area contributed by atoms with Crippen molar-refractivity contribution in [1.29, 1.82) is 0 Å². The average Bonchev–Trinajstić information content (AvgIpc) is 2.37. The van der Waals surface area contributed by atoms with Crippen LogP contribution in [0.1, 0.15) is 23.7 Å². The zero-order valence-electron chi connectivity index (χ0n) is 11.5. The molecule has 0 aromatic carbocycles. The Morgan fingerprint density at radius 1 is 1.52 bits per heavy atom. The van der Waals surface area contributed by atoms with Crippen LogP contribution in [0.3, 0.4) is 0 Å². The molecule has 0 fully saturated rings. The first kappa shape index (κ1) is 17.5. The van der Waals surface area contributed by atoms with Gasteiger partial charge in [0.2, 0.25) is 0 Å². The molecule has 1 aromatic rings. The van der Waals surface area contributed by atoms with Gasteiger partial charge in [0, 0.05) is 23.9 Å². The number of aromatic nitrogens is 1. The van der Waals surface area contributed by atoms with Crippen LogP contribution in [0, 0.1) is 6.92 Å². The number of hydrogen-bond acceptors (Lipinski definition) is 6. The summed E-state index contributed by atoms with van der Waals surface area (Å²) in [5, 5.41) is 21.4. The molecule has 1 rings (SSSR count). The lowest BCUT2D eigenvalue weighted by atomic mass is 10.1. The molecule has 0 spiro atoms. The molecule has 10 heteroatoms. The van der Waals surface area contributed by atoms with Crippen LogP contribution in [-0.2, 0) is 27.0 Å². The predicted molar refractivity (Wildman–Crippen MR) is 71.4 cm³/mol. The molecule has 1 unspecified atom stereocenters. The number of carbonyl (C=O) groups is 1.